The average molecular weight is 392 g/mol. The van der Waals surface area contributed by atoms with Gasteiger partial charge in [0, 0.05) is 19.3 Å². The van der Waals surface area contributed by atoms with Crippen molar-refractivity contribution in [3.63, 3.8) is 0 Å². The molecule has 27 heavy (non-hydrogen) atoms. The molecule has 0 aliphatic carbocycles. The number of aliphatic hydroxyl groups excluding tert-OH is 1. The maximum Gasteiger partial charge on any atom is 0.254 e. The van der Waals surface area contributed by atoms with Gasteiger partial charge in [-0.05, 0) is 30.5 Å². The van der Waals surface area contributed by atoms with Gasteiger partial charge in [0.2, 0.25) is 5.95 Å². The highest BCUT2D eigenvalue weighted by Gasteiger charge is 2.27. The van der Waals surface area contributed by atoms with Crippen LogP contribution in [0.3, 0.4) is 0 Å². The predicted octanol–water partition coefficient (Wildman–Crippen LogP) is 1.81. The fraction of sp³-hybridized carbons (Fsp3) is 0.389. The molecule has 9 heteroatoms. The summed E-state index contributed by atoms with van der Waals surface area (Å²) in [4.78, 5) is 22.4. The maximum atomic E-state index is 11.7. The molecule has 1 aliphatic heterocycles. The van der Waals surface area contributed by atoms with Gasteiger partial charge in [0.15, 0.2) is 0 Å². The van der Waals surface area contributed by atoms with E-state index in [4.69, 9.17) is 22.1 Å². The quantitative estimate of drug-likeness (QED) is 0.659. The first kappa shape index (κ1) is 19.2. The Kier molecular flexibility index (Phi) is 5.98. The van der Waals surface area contributed by atoms with Crippen LogP contribution >= 0.6 is 11.6 Å². The van der Waals surface area contributed by atoms with Gasteiger partial charge in [-0.15, -0.1) is 0 Å². The Balaban J connectivity index is 1.83. The number of benzene rings is 1. The number of rotatable bonds is 7. The Hall–Kier alpha value is -2.58. The number of aliphatic hydroxyl groups is 1. The normalized spacial score (nSPS) is 16.4. The van der Waals surface area contributed by atoms with E-state index in [0.717, 1.165) is 24.9 Å². The highest BCUT2D eigenvalue weighted by molar-refractivity contribution is 6.32. The number of carbonyl (C=O) groups is 1. The standard InChI is InChI=1S/C18H22ClN5O3/c1-27-15-5-4-11(7-14(15)19)8-21-17-13(16(20)26)9-22-18(23-17)24-6-2-3-12(24)10-25/h4-5,7,9,12,25H,2-3,6,8,10H2,1H3,(H2,20,26)(H,21,22,23). The van der Waals surface area contributed by atoms with E-state index in [2.05, 4.69) is 15.3 Å². The van der Waals surface area contributed by atoms with Crippen molar-refractivity contribution in [3.8, 4) is 5.75 Å². The van der Waals surface area contributed by atoms with Gasteiger partial charge in [-0.1, -0.05) is 17.7 Å². The molecule has 144 valence electrons. The maximum absolute atomic E-state index is 11.7. The van der Waals surface area contributed by atoms with Crippen molar-refractivity contribution in [1.29, 1.82) is 0 Å². The van der Waals surface area contributed by atoms with Crippen LogP contribution in [0.4, 0.5) is 11.8 Å². The lowest BCUT2D eigenvalue weighted by molar-refractivity contribution is 0.100. The smallest absolute Gasteiger partial charge is 0.254 e. The minimum atomic E-state index is -0.614. The minimum absolute atomic E-state index is 0.0160. The molecule has 1 aliphatic rings. The zero-order valence-electron chi connectivity index (χ0n) is 15.0. The van der Waals surface area contributed by atoms with Crippen LogP contribution < -0.4 is 20.7 Å². The molecule has 1 unspecified atom stereocenters. The minimum Gasteiger partial charge on any atom is -0.495 e. The van der Waals surface area contributed by atoms with Gasteiger partial charge in [-0.2, -0.15) is 4.98 Å². The lowest BCUT2D eigenvalue weighted by atomic mass is 10.2. The van der Waals surface area contributed by atoms with Crippen molar-refractivity contribution >= 4 is 29.3 Å². The molecular weight excluding hydrogens is 370 g/mol. The van der Waals surface area contributed by atoms with Crippen molar-refractivity contribution < 1.29 is 14.6 Å². The largest absolute Gasteiger partial charge is 0.495 e. The first-order valence-corrected chi connectivity index (χ1v) is 9.02. The number of ether oxygens (including phenoxy) is 1. The molecule has 2 aromatic rings. The summed E-state index contributed by atoms with van der Waals surface area (Å²) in [7, 11) is 1.55. The third-order valence-corrected chi connectivity index (χ3v) is 4.86. The Bertz CT molecular complexity index is 833. The Labute approximate surface area is 162 Å². The molecule has 1 aromatic heterocycles. The second-order valence-corrected chi connectivity index (χ2v) is 6.70. The zero-order valence-corrected chi connectivity index (χ0v) is 15.7. The number of amides is 1. The third kappa shape index (κ3) is 4.23. The van der Waals surface area contributed by atoms with Crippen LogP contribution in [0.5, 0.6) is 5.75 Å². The monoisotopic (exact) mass is 391 g/mol. The molecule has 8 nitrogen and oxygen atoms in total. The summed E-state index contributed by atoms with van der Waals surface area (Å²) < 4.78 is 5.15. The number of nitrogens with two attached hydrogens (primary N) is 1. The molecule has 1 fully saturated rings. The molecule has 1 amide bonds. The molecule has 0 spiro atoms. The molecule has 1 aromatic carbocycles. The number of nitrogens with one attached hydrogen (secondary N) is 1. The summed E-state index contributed by atoms with van der Waals surface area (Å²) in [5.74, 6) is 0.790. The van der Waals surface area contributed by atoms with E-state index in [-0.39, 0.29) is 18.2 Å². The van der Waals surface area contributed by atoms with Gasteiger partial charge in [0.25, 0.3) is 5.91 Å². The second kappa shape index (κ2) is 8.41. The van der Waals surface area contributed by atoms with E-state index in [1.165, 1.54) is 6.20 Å². The molecule has 1 atom stereocenters. The van der Waals surface area contributed by atoms with Crippen molar-refractivity contribution in [2.24, 2.45) is 5.73 Å². The van der Waals surface area contributed by atoms with Crippen molar-refractivity contribution in [2.75, 3.05) is 30.5 Å². The van der Waals surface area contributed by atoms with Gasteiger partial charge in [0.1, 0.15) is 11.6 Å². The van der Waals surface area contributed by atoms with Crippen LogP contribution in [0.25, 0.3) is 0 Å². The Morgan fingerprint density at radius 3 is 3.00 bits per heavy atom. The highest BCUT2D eigenvalue weighted by atomic mass is 35.5. The fourth-order valence-electron chi connectivity index (χ4n) is 3.12. The van der Waals surface area contributed by atoms with Crippen LogP contribution in [-0.4, -0.2) is 47.3 Å². The SMILES string of the molecule is COc1ccc(CNc2nc(N3CCCC3CO)ncc2C(N)=O)cc1Cl. The topological polar surface area (TPSA) is 114 Å². The van der Waals surface area contributed by atoms with Gasteiger partial charge < -0.3 is 25.8 Å². The molecule has 1 saturated heterocycles. The summed E-state index contributed by atoms with van der Waals surface area (Å²) in [5.41, 5.74) is 6.55. The van der Waals surface area contributed by atoms with E-state index in [9.17, 15) is 9.90 Å². The number of halogens is 1. The Morgan fingerprint density at radius 1 is 1.52 bits per heavy atom. The van der Waals surface area contributed by atoms with Gasteiger partial charge in [-0.3, -0.25) is 4.79 Å². The van der Waals surface area contributed by atoms with E-state index < -0.39 is 5.91 Å². The van der Waals surface area contributed by atoms with Crippen molar-refractivity contribution in [2.45, 2.75) is 25.4 Å². The first-order chi connectivity index (χ1) is 13.0. The lowest BCUT2D eigenvalue weighted by Crippen LogP contribution is -2.34. The summed E-state index contributed by atoms with van der Waals surface area (Å²) in [6.07, 6.45) is 3.25. The van der Waals surface area contributed by atoms with Gasteiger partial charge >= 0.3 is 0 Å². The molecular formula is C18H22ClN5O3. The molecule has 0 saturated carbocycles. The summed E-state index contributed by atoms with van der Waals surface area (Å²) >= 11 is 6.15. The number of hydrogen-bond acceptors (Lipinski definition) is 7. The Morgan fingerprint density at radius 2 is 2.33 bits per heavy atom. The summed E-state index contributed by atoms with van der Waals surface area (Å²) in [5, 5.41) is 13.2. The zero-order chi connectivity index (χ0) is 19.4. The van der Waals surface area contributed by atoms with E-state index >= 15 is 0 Å². The first-order valence-electron chi connectivity index (χ1n) is 8.64. The number of hydrogen-bond donors (Lipinski definition) is 3. The van der Waals surface area contributed by atoms with Crippen molar-refractivity contribution in [1.82, 2.24) is 9.97 Å². The number of carbonyl (C=O) groups excluding carboxylic acids is 1. The number of anilines is 2. The summed E-state index contributed by atoms with van der Waals surface area (Å²) in [6.45, 7) is 1.19. The number of primary amides is 1. The molecule has 0 radical (unpaired) electrons. The van der Waals surface area contributed by atoms with Crippen LogP contribution in [0.2, 0.25) is 5.02 Å². The molecule has 0 bridgehead atoms. The fourth-order valence-corrected chi connectivity index (χ4v) is 3.40. The number of methoxy groups -OCH3 is 1. The number of aromatic nitrogens is 2. The average Bonchev–Trinajstić information content (AvgIpc) is 3.15. The van der Waals surface area contributed by atoms with Crippen LogP contribution in [0, 0.1) is 0 Å². The highest BCUT2D eigenvalue weighted by Crippen LogP contribution is 2.27. The summed E-state index contributed by atoms with van der Waals surface area (Å²) in [6, 6.07) is 5.40. The van der Waals surface area contributed by atoms with E-state index in [1.54, 1.807) is 19.2 Å². The predicted molar refractivity (Wildman–Crippen MR) is 103 cm³/mol. The van der Waals surface area contributed by atoms with Crippen LogP contribution in [0.15, 0.2) is 24.4 Å². The molecule has 3 rings (SSSR count). The second-order valence-electron chi connectivity index (χ2n) is 6.29. The van der Waals surface area contributed by atoms with Gasteiger partial charge in [0.05, 0.1) is 30.3 Å². The third-order valence-electron chi connectivity index (χ3n) is 4.56. The van der Waals surface area contributed by atoms with Crippen LogP contribution in [-0.2, 0) is 6.54 Å². The van der Waals surface area contributed by atoms with E-state index in [1.807, 2.05) is 11.0 Å². The van der Waals surface area contributed by atoms with E-state index in [0.29, 0.717) is 29.1 Å². The number of nitrogens with zero attached hydrogens (tertiary/aromatic N) is 3. The molecule has 4 N–H and O–H groups in total. The molecule has 2 heterocycles. The van der Waals surface area contributed by atoms with Crippen LogP contribution in [0.1, 0.15) is 28.8 Å². The van der Waals surface area contributed by atoms with Gasteiger partial charge in [-0.25, -0.2) is 4.98 Å². The van der Waals surface area contributed by atoms with Crippen molar-refractivity contribution in [3.05, 3.63) is 40.5 Å². The lowest BCUT2D eigenvalue weighted by Gasteiger charge is -2.23.